The van der Waals surface area contributed by atoms with Gasteiger partial charge in [0.25, 0.3) is 10.0 Å². The number of hydrogen-bond donors (Lipinski definition) is 4. The predicted octanol–water partition coefficient (Wildman–Crippen LogP) is 2.48. The number of aromatic nitrogens is 2. The average molecular weight is 585 g/mol. The number of ether oxygens (including phenoxy) is 2. The summed E-state index contributed by atoms with van der Waals surface area (Å²) in [4.78, 5) is 37.6. The molecule has 1 aromatic heterocycles. The van der Waals surface area contributed by atoms with Gasteiger partial charge >= 0.3 is 6.09 Å². The minimum Gasteiger partial charge on any atom is -0.495 e. The fraction of sp³-hybridized carbons (Fsp3) is 0.296. The van der Waals surface area contributed by atoms with Crippen LogP contribution in [0.25, 0.3) is 0 Å². The van der Waals surface area contributed by atoms with Crippen LogP contribution in [0.5, 0.6) is 5.75 Å². The normalized spacial score (nSPS) is 12.0. The molecule has 13 nitrogen and oxygen atoms in total. The lowest BCUT2D eigenvalue weighted by atomic mass is 10.1. The predicted molar refractivity (Wildman–Crippen MR) is 151 cm³/mol. The lowest BCUT2D eigenvalue weighted by Gasteiger charge is -2.23. The third-order valence-electron chi connectivity index (χ3n) is 5.27. The number of nitrogens with one attached hydrogen (secondary N) is 4. The third kappa shape index (κ3) is 10.1. The zero-order valence-corrected chi connectivity index (χ0v) is 23.8. The smallest absolute Gasteiger partial charge is 0.408 e. The van der Waals surface area contributed by atoms with Gasteiger partial charge in [-0.05, 0) is 50.6 Å². The molecular formula is C27H32N6O7S. The molecule has 41 heavy (non-hydrogen) atoms. The molecule has 0 unspecified atom stereocenters. The molecule has 4 N–H and O–H groups in total. The minimum atomic E-state index is -3.98. The van der Waals surface area contributed by atoms with Gasteiger partial charge in [-0.2, -0.15) is 5.10 Å². The largest absolute Gasteiger partial charge is 0.495 e. The number of amides is 3. The highest BCUT2D eigenvalue weighted by molar-refractivity contribution is 7.92. The number of anilines is 2. The van der Waals surface area contributed by atoms with Gasteiger partial charge in [0, 0.05) is 18.2 Å². The maximum absolute atomic E-state index is 12.9. The van der Waals surface area contributed by atoms with Gasteiger partial charge in [0.15, 0.2) is 5.82 Å². The second-order valence-electron chi connectivity index (χ2n) is 9.77. The summed E-state index contributed by atoms with van der Waals surface area (Å²) in [6.07, 6.45) is 0.748. The van der Waals surface area contributed by atoms with Gasteiger partial charge in [0.2, 0.25) is 11.8 Å². The Kier molecular flexibility index (Phi) is 10.2. The molecule has 1 atom stereocenters. The fourth-order valence-electron chi connectivity index (χ4n) is 3.43. The van der Waals surface area contributed by atoms with Crippen LogP contribution < -0.4 is 25.4 Å². The Labute approximate surface area is 238 Å². The van der Waals surface area contributed by atoms with E-state index in [1.807, 2.05) is 30.3 Å². The molecule has 3 rings (SSSR count). The average Bonchev–Trinajstić information content (AvgIpc) is 2.91. The summed E-state index contributed by atoms with van der Waals surface area (Å²) >= 11 is 0. The van der Waals surface area contributed by atoms with E-state index in [0.29, 0.717) is 11.4 Å². The maximum Gasteiger partial charge on any atom is 0.408 e. The number of nitrogens with zero attached hydrogens (tertiary/aromatic N) is 2. The Balaban J connectivity index is 1.58. The van der Waals surface area contributed by atoms with Crippen molar-refractivity contribution in [3.8, 4) is 5.75 Å². The minimum absolute atomic E-state index is 0.0239. The van der Waals surface area contributed by atoms with E-state index in [-0.39, 0.29) is 17.1 Å². The molecule has 1 heterocycles. The second kappa shape index (κ2) is 13.6. The van der Waals surface area contributed by atoms with Gasteiger partial charge in [0.1, 0.15) is 17.4 Å². The molecule has 0 spiro atoms. The molecular weight excluding hydrogens is 552 g/mol. The number of methoxy groups -OCH3 is 1. The number of carbonyl (C=O) groups excluding carboxylic acids is 3. The molecule has 3 aromatic rings. The van der Waals surface area contributed by atoms with Crippen LogP contribution in [0.4, 0.5) is 16.3 Å². The molecule has 0 saturated heterocycles. The van der Waals surface area contributed by atoms with E-state index in [9.17, 15) is 22.8 Å². The Morgan fingerprint density at radius 2 is 1.68 bits per heavy atom. The number of alkyl carbamates (subject to hydrolysis) is 1. The van der Waals surface area contributed by atoms with E-state index in [2.05, 4.69) is 30.9 Å². The molecule has 2 aromatic carbocycles. The zero-order chi connectivity index (χ0) is 30.0. The lowest BCUT2D eigenvalue weighted by molar-refractivity contribution is -0.125. The van der Waals surface area contributed by atoms with Crippen molar-refractivity contribution in [3.05, 3.63) is 72.4 Å². The third-order valence-corrected chi connectivity index (χ3v) is 6.64. The van der Waals surface area contributed by atoms with Crippen LogP contribution in [0.15, 0.2) is 71.8 Å². The first-order valence-corrected chi connectivity index (χ1v) is 13.9. The van der Waals surface area contributed by atoms with E-state index in [4.69, 9.17) is 9.47 Å². The fourth-order valence-corrected chi connectivity index (χ4v) is 4.42. The Hall–Kier alpha value is -4.72. The van der Waals surface area contributed by atoms with Gasteiger partial charge in [0.05, 0.1) is 24.7 Å². The van der Waals surface area contributed by atoms with E-state index < -0.39 is 46.1 Å². The van der Waals surface area contributed by atoms with Crippen molar-refractivity contribution in [1.29, 1.82) is 0 Å². The summed E-state index contributed by atoms with van der Waals surface area (Å²) in [5.74, 6) is -0.837. The molecule has 0 radical (unpaired) electrons. The Bertz CT molecular complexity index is 1460. The van der Waals surface area contributed by atoms with E-state index in [1.165, 1.54) is 43.6 Å². The molecule has 14 heteroatoms. The van der Waals surface area contributed by atoms with Gasteiger partial charge in [-0.25, -0.2) is 13.2 Å². The second-order valence-corrected chi connectivity index (χ2v) is 11.4. The van der Waals surface area contributed by atoms with Crippen molar-refractivity contribution in [1.82, 2.24) is 20.8 Å². The number of rotatable bonds is 11. The number of hydrogen-bond acceptors (Lipinski definition) is 9. The van der Waals surface area contributed by atoms with Crippen LogP contribution in [0.2, 0.25) is 0 Å². The maximum atomic E-state index is 12.9. The van der Waals surface area contributed by atoms with E-state index >= 15 is 0 Å². The molecule has 0 fully saturated rings. The summed E-state index contributed by atoms with van der Waals surface area (Å²) in [5, 5.41) is 15.0. The summed E-state index contributed by atoms with van der Waals surface area (Å²) in [6.45, 7) is 4.72. The van der Waals surface area contributed by atoms with E-state index in [0.717, 1.165) is 5.56 Å². The highest BCUT2D eigenvalue weighted by Gasteiger charge is 2.25. The van der Waals surface area contributed by atoms with Crippen LogP contribution in [0, 0.1) is 0 Å². The molecule has 0 aliphatic rings. The summed E-state index contributed by atoms with van der Waals surface area (Å²) in [7, 11) is -2.57. The van der Waals surface area contributed by atoms with Gasteiger partial charge in [-0.15, -0.1) is 5.10 Å². The summed E-state index contributed by atoms with van der Waals surface area (Å²) in [6, 6.07) is 14.8. The van der Waals surface area contributed by atoms with Crippen LogP contribution in [-0.4, -0.2) is 61.8 Å². The van der Waals surface area contributed by atoms with Crippen molar-refractivity contribution >= 4 is 39.4 Å². The molecule has 0 aliphatic heterocycles. The first-order chi connectivity index (χ1) is 19.3. The Morgan fingerprint density at radius 1 is 1.00 bits per heavy atom. The van der Waals surface area contributed by atoms with Crippen molar-refractivity contribution in [2.75, 3.05) is 23.7 Å². The van der Waals surface area contributed by atoms with Crippen molar-refractivity contribution in [2.24, 2.45) is 0 Å². The van der Waals surface area contributed by atoms with Crippen molar-refractivity contribution in [3.63, 3.8) is 0 Å². The first-order valence-electron chi connectivity index (χ1n) is 12.5. The first kappa shape index (κ1) is 30.8. The molecule has 0 bridgehead atoms. The van der Waals surface area contributed by atoms with Crippen LogP contribution in [-0.2, 0) is 30.8 Å². The molecule has 0 aliphatic carbocycles. The van der Waals surface area contributed by atoms with Gasteiger partial charge in [-0.1, -0.05) is 30.3 Å². The monoisotopic (exact) mass is 584 g/mol. The molecule has 0 saturated carbocycles. The lowest BCUT2D eigenvalue weighted by Crippen LogP contribution is -2.50. The number of carbonyl (C=O) groups is 3. The summed E-state index contributed by atoms with van der Waals surface area (Å²) < 4.78 is 37.9. The van der Waals surface area contributed by atoms with Gasteiger partial charge < -0.3 is 25.4 Å². The molecule has 3 amide bonds. The highest BCUT2D eigenvalue weighted by Crippen LogP contribution is 2.19. The zero-order valence-electron chi connectivity index (χ0n) is 23.0. The van der Waals surface area contributed by atoms with E-state index in [1.54, 1.807) is 20.8 Å². The van der Waals surface area contributed by atoms with Crippen molar-refractivity contribution < 1.29 is 32.3 Å². The topological polar surface area (TPSA) is 178 Å². The summed E-state index contributed by atoms with van der Waals surface area (Å²) in [5.41, 5.74) is 0.347. The highest BCUT2D eigenvalue weighted by atomic mass is 32.2. The van der Waals surface area contributed by atoms with Gasteiger partial charge in [-0.3, -0.25) is 14.3 Å². The van der Waals surface area contributed by atoms with Crippen LogP contribution in [0.1, 0.15) is 26.3 Å². The standard InChI is InChI=1S/C27H32N6O7S/c1-27(2,3)40-26(36)31-22(14-18-8-6-5-7-9-18)25(35)28-17-24(34)30-19-10-12-21(13-11-19)41(37,38)33-23-15-20(39-4)16-29-32-23/h5-13,15-16,22H,14,17H2,1-4H3,(H,28,35)(H,30,34)(H,31,36)(H,32,33)/t22-/m0/s1. The van der Waals surface area contributed by atoms with Crippen LogP contribution in [0.3, 0.4) is 0 Å². The number of sulfonamides is 1. The molecule has 218 valence electrons. The van der Waals surface area contributed by atoms with Crippen LogP contribution >= 0.6 is 0 Å². The number of benzene rings is 2. The quantitative estimate of drug-likeness (QED) is 0.264. The SMILES string of the molecule is COc1cnnc(NS(=O)(=O)c2ccc(NC(=O)CNC(=O)[C@H](Cc3ccccc3)NC(=O)OC(C)(C)C)cc2)c1. The Morgan fingerprint density at radius 3 is 2.32 bits per heavy atom. The van der Waals surface area contributed by atoms with Crippen molar-refractivity contribution in [2.45, 2.75) is 43.7 Å².